The molecular weight excluding hydrogens is 200 g/mol. The van der Waals surface area contributed by atoms with E-state index in [9.17, 15) is 5.11 Å². The molecule has 0 saturated carbocycles. The second-order valence-corrected chi connectivity index (χ2v) is 5.33. The Kier molecular flexibility index (Phi) is 4.00. The zero-order chi connectivity index (χ0) is 12.3. The van der Waals surface area contributed by atoms with Crippen molar-refractivity contribution in [2.45, 2.75) is 65.8 Å². The molecule has 0 saturated heterocycles. The molecule has 3 heteroatoms. The van der Waals surface area contributed by atoms with Crippen LogP contribution in [0.25, 0.3) is 0 Å². The van der Waals surface area contributed by atoms with Crippen molar-refractivity contribution in [2.75, 3.05) is 0 Å². The van der Waals surface area contributed by atoms with E-state index in [4.69, 9.17) is 0 Å². The number of aromatic hydroxyl groups is 1. The Bertz CT molecular complexity index is 348. The van der Waals surface area contributed by atoms with Crippen LogP contribution in [0.2, 0.25) is 0 Å². The first-order chi connectivity index (χ1) is 7.41. The fourth-order valence-corrected chi connectivity index (χ4v) is 2.03. The van der Waals surface area contributed by atoms with Gasteiger partial charge in [0.15, 0.2) is 0 Å². The molecule has 92 valence electrons. The minimum atomic E-state index is -0.0615. The zero-order valence-electron chi connectivity index (χ0n) is 11.2. The van der Waals surface area contributed by atoms with Gasteiger partial charge in [-0.05, 0) is 33.6 Å². The Morgan fingerprint density at radius 2 is 1.69 bits per heavy atom. The van der Waals surface area contributed by atoms with Crippen LogP contribution in [0.3, 0.4) is 0 Å². The summed E-state index contributed by atoms with van der Waals surface area (Å²) in [6, 6.07) is 0. The number of aromatic nitrogens is 2. The monoisotopic (exact) mass is 224 g/mol. The quantitative estimate of drug-likeness (QED) is 0.852. The number of nitrogens with zero attached hydrogens (tertiary/aromatic N) is 2. The van der Waals surface area contributed by atoms with Gasteiger partial charge in [0.05, 0.1) is 5.54 Å². The predicted octanol–water partition coefficient (Wildman–Crippen LogP) is 3.25. The maximum absolute atomic E-state index is 9.90. The van der Waals surface area contributed by atoms with E-state index in [1.54, 1.807) is 0 Å². The molecule has 3 nitrogen and oxygen atoms in total. The van der Waals surface area contributed by atoms with Crippen LogP contribution >= 0.6 is 0 Å². The van der Waals surface area contributed by atoms with Crippen LogP contribution in [0.1, 0.15) is 58.7 Å². The minimum absolute atomic E-state index is 0.0615. The third-order valence-electron chi connectivity index (χ3n) is 2.69. The number of rotatable bonds is 4. The average Bonchev–Trinajstić information content (AvgIpc) is 2.46. The van der Waals surface area contributed by atoms with Gasteiger partial charge in [0.25, 0.3) is 0 Å². The molecule has 16 heavy (non-hydrogen) atoms. The first-order valence-electron chi connectivity index (χ1n) is 6.22. The number of hydrogen-bond acceptors (Lipinski definition) is 2. The van der Waals surface area contributed by atoms with Gasteiger partial charge in [-0.1, -0.05) is 26.7 Å². The molecule has 0 spiro atoms. The molecule has 0 bridgehead atoms. The molecule has 1 heterocycles. The van der Waals surface area contributed by atoms with Crippen LogP contribution in [0.5, 0.6) is 5.88 Å². The summed E-state index contributed by atoms with van der Waals surface area (Å²) in [7, 11) is 0. The van der Waals surface area contributed by atoms with Crippen molar-refractivity contribution in [3.8, 4) is 5.88 Å². The van der Waals surface area contributed by atoms with Gasteiger partial charge in [-0.15, -0.1) is 5.10 Å². The fraction of sp³-hybridized carbons (Fsp3) is 0.769. The van der Waals surface area contributed by atoms with Crippen molar-refractivity contribution < 1.29 is 5.11 Å². The van der Waals surface area contributed by atoms with Gasteiger partial charge in [-0.25, -0.2) is 0 Å². The Morgan fingerprint density at radius 1 is 1.12 bits per heavy atom. The maximum Gasteiger partial charge on any atom is 0.233 e. The largest absolute Gasteiger partial charge is 0.492 e. The first-order valence-corrected chi connectivity index (χ1v) is 6.22. The summed E-state index contributed by atoms with van der Waals surface area (Å²) in [6.07, 6.45) is 4.02. The average molecular weight is 224 g/mol. The Morgan fingerprint density at radius 3 is 2.12 bits per heavy atom. The highest BCUT2D eigenvalue weighted by Crippen LogP contribution is 2.28. The van der Waals surface area contributed by atoms with Gasteiger partial charge in [-0.3, -0.25) is 4.68 Å². The molecule has 0 fully saturated rings. The first kappa shape index (κ1) is 13.1. The fourth-order valence-electron chi connectivity index (χ4n) is 2.03. The molecule has 1 rings (SSSR count). The van der Waals surface area contributed by atoms with Gasteiger partial charge < -0.3 is 5.11 Å². The Hall–Kier alpha value is -0.990. The highest BCUT2D eigenvalue weighted by atomic mass is 16.3. The molecule has 1 aromatic heterocycles. The summed E-state index contributed by atoms with van der Waals surface area (Å²) in [5, 5.41) is 14.2. The van der Waals surface area contributed by atoms with Crippen molar-refractivity contribution in [1.29, 1.82) is 0 Å². The van der Waals surface area contributed by atoms with E-state index in [0.29, 0.717) is 0 Å². The van der Waals surface area contributed by atoms with E-state index in [2.05, 4.69) is 39.7 Å². The third kappa shape index (κ3) is 2.57. The van der Waals surface area contributed by atoms with E-state index in [0.717, 1.165) is 31.2 Å². The molecular formula is C13H24N2O. The van der Waals surface area contributed by atoms with E-state index < -0.39 is 0 Å². The summed E-state index contributed by atoms with van der Waals surface area (Å²) in [6.45, 7) is 10.6. The van der Waals surface area contributed by atoms with Gasteiger partial charge in [0.2, 0.25) is 5.88 Å². The molecule has 0 aliphatic heterocycles. The molecule has 0 amide bonds. The molecule has 1 aromatic rings. The van der Waals surface area contributed by atoms with Gasteiger partial charge in [0, 0.05) is 11.3 Å². The van der Waals surface area contributed by atoms with Crippen LogP contribution in [0.15, 0.2) is 0 Å². The Balaban J connectivity index is 3.23. The molecule has 0 aromatic carbocycles. The molecule has 0 unspecified atom stereocenters. The molecule has 1 N–H and O–H groups in total. The van der Waals surface area contributed by atoms with Crippen molar-refractivity contribution in [3.05, 3.63) is 11.3 Å². The third-order valence-corrected chi connectivity index (χ3v) is 2.69. The maximum atomic E-state index is 9.90. The lowest BCUT2D eigenvalue weighted by atomic mass is 10.0. The summed E-state index contributed by atoms with van der Waals surface area (Å²) in [4.78, 5) is 0. The lowest BCUT2D eigenvalue weighted by molar-refractivity contribution is 0.328. The molecule has 0 atom stereocenters. The van der Waals surface area contributed by atoms with Crippen molar-refractivity contribution in [2.24, 2.45) is 0 Å². The van der Waals surface area contributed by atoms with Crippen LogP contribution in [0.4, 0.5) is 0 Å². The minimum Gasteiger partial charge on any atom is -0.492 e. The van der Waals surface area contributed by atoms with Gasteiger partial charge in [0.1, 0.15) is 0 Å². The summed E-state index contributed by atoms with van der Waals surface area (Å²) < 4.78 is 1.98. The van der Waals surface area contributed by atoms with E-state index in [1.807, 2.05) is 4.68 Å². The molecule has 0 aliphatic carbocycles. The summed E-state index contributed by atoms with van der Waals surface area (Å²) >= 11 is 0. The normalized spacial score (nSPS) is 12.1. The standard InChI is InChI=1S/C13H24N2O/c1-6-8-10-11(9-7-2)15(13(3,4)5)14-12(10)16/h6-9H2,1-5H3,(H,14,16). The highest BCUT2D eigenvalue weighted by Gasteiger charge is 2.23. The predicted molar refractivity (Wildman–Crippen MR) is 66.9 cm³/mol. The van der Waals surface area contributed by atoms with Crippen molar-refractivity contribution >= 4 is 0 Å². The SMILES string of the molecule is CCCc1c(O)nn(C(C)(C)C)c1CCC. The molecule has 0 aliphatic rings. The Labute approximate surface area is 98.5 Å². The second-order valence-electron chi connectivity index (χ2n) is 5.33. The van der Waals surface area contributed by atoms with Gasteiger partial charge >= 0.3 is 0 Å². The zero-order valence-corrected chi connectivity index (χ0v) is 11.2. The van der Waals surface area contributed by atoms with Crippen LogP contribution in [0, 0.1) is 0 Å². The lowest BCUT2D eigenvalue weighted by Crippen LogP contribution is -2.25. The lowest BCUT2D eigenvalue weighted by Gasteiger charge is -2.22. The van der Waals surface area contributed by atoms with E-state index >= 15 is 0 Å². The van der Waals surface area contributed by atoms with Crippen LogP contribution in [-0.2, 0) is 18.4 Å². The highest BCUT2D eigenvalue weighted by molar-refractivity contribution is 5.31. The van der Waals surface area contributed by atoms with E-state index in [1.165, 1.54) is 5.69 Å². The molecule has 0 radical (unpaired) electrons. The number of hydrogen-bond donors (Lipinski definition) is 1. The van der Waals surface area contributed by atoms with Crippen LogP contribution < -0.4 is 0 Å². The van der Waals surface area contributed by atoms with Crippen LogP contribution in [-0.4, -0.2) is 14.9 Å². The van der Waals surface area contributed by atoms with E-state index in [-0.39, 0.29) is 11.4 Å². The van der Waals surface area contributed by atoms with Crippen molar-refractivity contribution in [1.82, 2.24) is 9.78 Å². The van der Waals surface area contributed by atoms with Crippen molar-refractivity contribution in [3.63, 3.8) is 0 Å². The second kappa shape index (κ2) is 4.89. The topological polar surface area (TPSA) is 38.1 Å². The summed E-state index contributed by atoms with van der Waals surface area (Å²) in [5.41, 5.74) is 2.18. The smallest absolute Gasteiger partial charge is 0.233 e. The summed E-state index contributed by atoms with van der Waals surface area (Å²) in [5.74, 6) is 0.222. The van der Waals surface area contributed by atoms with Gasteiger partial charge in [-0.2, -0.15) is 0 Å².